The van der Waals surface area contributed by atoms with Crippen LogP contribution in [0.4, 0.5) is 0 Å². The number of carbonyl (C=O) groups excluding carboxylic acids is 1. The summed E-state index contributed by atoms with van der Waals surface area (Å²) in [5, 5.41) is 3.41. The maximum absolute atomic E-state index is 12.0. The predicted octanol–water partition coefficient (Wildman–Crippen LogP) is 3.88. The highest BCUT2D eigenvalue weighted by Crippen LogP contribution is 2.22. The zero-order valence-corrected chi connectivity index (χ0v) is 15.7. The number of hydrogen-bond acceptors (Lipinski definition) is 4. The zero-order chi connectivity index (χ0) is 17.5. The van der Waals surface area contributed by atoms with E-state index < -0.39 is 0 Å². The molecule has 1 aromatic carbocycles. The average Bonchev–Trinajstić information content (AvgIpc) is 3.04. The van der Waals surface area contributed by atoms with Crippen LogP contribution in [0.25, 0.3) is 10.1 Å². The van der Waals surface area contributed by atoms with E-state index in [-0.39, 0.29) is 12.0 Å². The van der Waals surface area contributed by atoms with Crippen LogP contribution >= 0.6 is 11.3 Å². The summed E-state index contributed by atoms with van der Waals surface area (Å²) < 4.78 is 12.7. The van der Waals surface area contributed by atoms with Gasteiger partial charge in [0.05, 0.1) is 25.7 Å². The largest absolute Gasteiger partial charge is 0.381 e. The van der Waals surface area contributed by atoms with Crippen molar-refractivity contribution in [1.82, 2.24) is 4.90 Å². The summed E-state index contributed by atoms with van der Waals surface area (Å²) in [4.78, 5) is 13.9. The number of unbranched alkanes of at least 4 members (excludes halogenated alkanes) is 1. The van der Waals surface area contributed by atoms with Gasteiger partial charge in [-0.05, 0) is 41.3 Å². The molecule has 3 rings (SSSR count). The van der Waals surface area contributed by atoms with E-state index >= 15 is 0 Å². The molecule has 1 aliphatic heterocycles. The van der Waals surface area contributed by atoms with Crippen LogP contribution in [0, 0.1) is 0 Å². The molecule has 1 saturated heterocycles. The third-order valence-corrected chi connectivity index (χ3v) is 5.46. The van der Waals surface area contributed by atoms with Gasteiger partial charge < -0.3 is 14.4 Å². The Balaban J connectivity index is 1.25. The van der Waals surface area contributed by atoms with E-state index in [0.717, 1.165) is 39.0 Å². The number of likely N-dealkylation sites (tertiary alicyclic amines) is 1. The van der Waals surface area contributed by atoms with Crippen molar-refractivity contribution in [1.29, 1.82) is 0 Å². The fourth-order valence-electron chi connectivity index (χ4n) is 2.92. The highest BCUT2D eigenvalue weighted by Gasteiger charge is 2.30. The van der Waals surface area contributed by atoms with E-state index in [1.165, 1.54) is 15.6 Å². The van der Waals surface area contributed by atoms with Gasteiger partial charge in [0.2, 0.25) is 5.91 Å². The first-order valence-electron chi connectivity index (χ1n) is 9.19. The maximum atomic E-state index is 12.0. The fraction of sp³-hybridized carbons (Fsp3) is 0.550. The second kappa shape index (κ2) is 9.32. The van der Waals surface area contributed by atoms with Gasteiger partial charge in [-0.25, -0.2) is 0 Å². The molecule has 0 N–H and O–H groups in total. The highest BCUT2D eigenvalue weighted by molar-refractivity contribution is 7.17. The van der Waals surface area contributed by atoms with E-state index in [0.29, 0.717) is 19.6 Å². The van der Waals surface area contributed by atoms with Crippen LogP contribution in [0.15, 0.2) is 29.6 Å². The summed E-state index contributed by atoms with van der Waals surface area (Å²) >= 11 is 1.76. The number of benzene rings is 1. The second-order valence-corrected chi connectivity index (χ2v) is 7.50. The molecular formula is C20H27NO3S. The molecule has 2 heterocycles. The zero-order valence-electron chi connectivity index (χ0n) is 14.9. The smallest absolute Gasteiger partial charge is 0.225 e. The van der Waals surface area contributed by atoms with Gasteiger partial charge in [-0.2, -0.15) is 0 Å². The summed E-state index contributed by atoms with van der Waals surface area (Å²) in [6.07, 6.45) is 3.83. The van der Waals surface area contributed by atoms with Crippen LogP contribution in [0.2, 0.25) is 0 Å². The molecule has 5 heteroatoms. The third-order valence-electron chi connectivity index (χ3n) is 4.56. The Morgan fingerprint density at radius 2 is 2.12 bits per heavy atom. The second-order valence-electron chi connectivity index (χ2n) is 6.55. The van der Waals surface area contributed by atoms with Crippen LogP contribution < -0.4 is 0 Å². The van der Waals surface area contributed by atoms with Crippen molar-refractivity contribution in [3.05, 3.63) is 35.2 Å². The van der Waals surface area contributed by atoms with Gasteiger partial charge in [0.25, 0.3) is 0 Å². The fourth-order valence-corrected chi connectivity index (χ4v) is 3.69. The van der Waals surface area contributed by atoms with E-state index in [9.17, 15) is 4.79 Å². The first-order valence-corrected chi connectivity index (χ1v) is 10.1. The lowest BCUT2D eigenvalue weighted by Gasteiger charge is -2.39. The standard InChI is InChI=1S/C20H27NO3S/c1-2-3-9-24-18-14-21(15-18)20(22)7-11-23-10-6-16-4-5-19-17(13-16)8-12-25-19/h4-5,8,12-13,18H,2-3,6-7,9-11,14-15H2,1H3. The summed E-state index contributed by atoms with van der Waals surface area (Å²) in [6.45, 7) is 5.60. The highest BCUT2D eigenvalue weighted by atomic mass is 32.1. The van der Waals surface area contributed by atoms with Crippen LogP contribution in [-0.2, 0) is 20.7 Å². The summed E-state index contributed by atoms with van der Waals surface area (Å²) in [7, 11) is 0. The van der Waals surface area contributed by atoms with Gasteiger partial charge in [0.1, 0.15) is 0 Å². The monoisotopic (exact) mass is 361 g/mol. The number of amides is 1. The van der Waals surface area contributed by atoms with E-state index in [2.05, 4.69) is 36.6 Å². The maximum Gasteiger partial charge on any atom is 0.225 e. The van der Waals surface area contributed by atoms with Crippen molar-refractivity contribution in [3.63, 3.8) is 0 Å². The number of hydrogen-bond donors (Lipinski definition) is 0. The van der Waals surface area contributed by atoms with Crippen molar-refractivity contribution in [2.75, 3.05) is 32.9 Å². The van der Waals surface area contributed by atoms with Crippen LogP contribution in [0.1, 0.15) is 31.7 Å². The normalized spacial score (nSPS) is 14.8. The van der Waals surface area contributed by atoms with Crippen molar-refractivity contribution < 1.29 is 14.3 Å². The minimum absolute atomic E-state index is 0.176. The molecule has 0 spiro atoms. The number of thiophene rings is 1. The van der Waals surface area contributed by atoms with Gasteiger partial charge in [-0.15, -0.1) is 11.3 Å². The molecule has 1 aliphatic rings. The Morgan fingerprint density at radius 3 is 2.96 bits per heavy atom. The molecule has 4 nitrogen and oxygen atoms in total. The number of nitrogens with zero attached hydrogens (tertiary/aromatic N) is 1. The first kappa shape index (κ1) is 18.4. The molecular weight excluding hydrogens is 334 g/mol. The molecule has 2 aromatic rings. The minimum Gasteiger partial charge on any atom is -0.381 e. The van der Waals surface area contributed by atoms with Crippen LogP contribution in [0.3, 0.4) is 0 Å². The Labute approximate surface area is 153 Å². The molecule has 0 saturated carbocycles. The molecule has 0 radical (unpaired) electrons. The van der Waals surface area contributed by atoms with Crippen molar-refractivity contribution in [2.45, 2.75) is 38.7 Å². The minimum atomic E-state index is 0.176. The molecule has 0 aliphatic carbocycles. The van der Waals surface area contributed by atoms with Crippen molar-refractivity contribution >= 4 is 27.3 Å². The quantitative estimate of drug-likeness (QED) is 0.603. The Kier molecular flexibility index (Phi) is 6.84. The number of fused-ring (bicyclic) bond motifs is 1. The molecule has 25 heavy (non-hydrogen) atoms. The van der Waals surface area contributed by atoms with Crippen LogP contribution in [0.5, 0.6) is 0 Å². The van der Waals surface area contributed by atoms with E-state index in [4.69, 9.17) is 9.47 Å². The van der Waals surface area contributed by atoms with Gasteiger partial charge in [-0.1, -0.05) is 25.5 Å². The van der Waals surface area contributed by atoms with Crippen molar-refractivity contribution in [2.24, 2.45) is 0 Å². The molecule has 0 atom stereocenters. The predicted molar refractivity (Wildman–Crippen MR) is 102 cm³/mol. The van der Waals surface area contributed by atoms with Gasteiger partial charge in [0.15, 0.2) is 0 Å². The van der Waals surface area contributed by atoms with Gasteiger partial charge >= 0.3 is 0 Å². The molecule has 0 unspecified atom stereocenters. The Hall–Kier alpha value is -1.43. The molecule has 136 valence electrons. The molecule has 1 aromatic heterocycles. The Bertz CT molecular complexity index is 678. The molecule has 0 bridgehead atoms. The van der Waals surface area contributed by atoms with Gasteiger partial charge in [0, 0.05) is 24.4 Å². The number of ether oxygens (including phenoxy) is 2. The Morgan fingerprint density at radius 1 is 1.24 bits per heavy atom. The van der Waals surface area contributed by atoms with Crippen LogP contribution in [-0.4, -0.2) is 49.8 Å². The topological polar surface area (TPSA) is 38.8 Å². The summed E-state index contributed by atoms with van der Waals surface area (Å²) in [5.41, 5.74) is 1.28. The molecule has 1 amide bonds. The van der Waals surface area contributed by atoms with E-state index in [1.807, 2.05) is 4.90 Å². The number of carbonyl (C=O) groups is 1. The number of rotatable bonds is 10. The summed E-state index contributed by atoms with van der Waals surface area (Å²) in [6, 6.07) is 8.70. The third kappa shape index (κ3) is 5.27. The first-order chi connectivity index (χ1) is 12.3. The lowest BCUT2D eigenvalue weighted by atomic mass is 10.1. The lowest BCUT2D eigenvalue weighted by molar-refractivity contribution is -0.146. The SMILES string of the molecule is CCCCOC1CN(C(=O)CCOCCc2ccc3sccc3c2)C1. The van der Waals surface area contributed by atoms with E-state index in [1.54, 1.807) is 11.3 Å². The van der Waals surface area contributed by atoms with Crippen molar-refractivity contribution in [3.8, 4) is 0 Å². The lowest BCUT2D eigenvalue weighted by Crippen LogP contribution is -2.55. The summed E-state index contributed by atoms with van der Waals surface area (Å²) in [5.74, 6) is 0.176. The average molecular weight is 362 g/mol. The molecule has 1 fully saturated rings. The van der Waals surface area contributed by atoms with Gasteiger partial charge in [-0.3, -0.25) is 4.79 Å².